The molecule has 0 fully saturated rings. The highest BCUT2D eigenvalue weighted by Gasteiger charge is 2.04. The number of halogens is 1. The molecule has 0 radical (unpaired) electrons. The van der Waals surface area contributed by atoms with Crippen LogP contribution in [0.5, 0.6) is 0 Å². The Hall–Kier alpha value is -1.44. The number of nitrogens with one attached hydrogen (secondary N) is 2. The van der Waals surface area contributed by atoms with E-state index in [2.05, 4.69) is 20.6 Å². The van der Waals surface area contributed by atoms with E-state index in [0.29, 0.717) is 42.9 Å². The lowest BCUT2D eigenvalue weighted by atomic mass is 10.4. The van der Waals surface area contributed by atoms with Crippen LogP contribution in [0.15, 0.2) is 6.07 Å². The van der Waals surface area contributed by atoms with Gasteiger partial charge in [0, 0.05) is 39.8 Å². The van der Waals surface area contributed by atoms with Gasteiger partial charge in [0.2, 0.25) is 5.91 Å². The minimum Gasteiger partial charge on any atom is -0.383 e. The van der Waals surface area contributed by atoms with Crippen LogP contribution in [0.2, 0.25) is 5.15 Å². The Labute approximate surface area is 123 Å². The van der Waals surface area contributed by atoms with Crippen molar-refractivity contribution in [2.24, 2.45) is 0 Å². The predicted molar refractivity (Wildman–Crippen MR) is 75.7 cm³/mol. The summed E-state index contributed by atoms with van der Waals surface area (Å²) in [5.74, 6) is 1.01. The maximum Gasteiger partial charge on any atom is 0.221 e. The maximum absolute atomic E-state index is 11.5. The molecule has 0 aliphatic heterocycles. The van der Waals surface area contributed by atoms with Gasteiger partial charge < -0.3 is 20.1 Å². The number of anilines is 1. The van der Waals surface area contributed by atoms with Gasteiger partial charge in [0.05, 0.1) is 6.61 Å². The summed E-state index contributed by atoms with van der Waals surface area (Å²) in [4.78, 5) is 19.7. The summed E-state index contributed by atoms with van der Waals surface area (Å²) in [7, 11) is 3.14. The van der Waals surface area contributed by atoms with Crippen molar-refractivity contribution in [3.63, 3.8) is 0 Å². The molecule has 1 aromatic heterocycles. The smallest absolute Gasteiger partial charge is 0.221 e. The molecular formula is C12H19ClN4O3. The summed E-state index contributed by atoms with van der Waals surface area (Å²) < 4.78 is 9.79. The Morgan fingerprint density at radius 2 is 2.10 bits per heavy atom. The number of carbonyl (C=O) groups excluding carboxylic acids is 1. The van der Waals surface area contributed by atoms with Crippen LogP contribution in [-0.4, -0.2) is 49.8 Å². The van der Waals surface area contributed by atoms with Gasteiger partial charge in [-0.25, -0.2) is 9.97 Å². The van der Waals surface area contributed by atoms with Crippen molar-refractivity contribution >= 4 is 23.3 Å². The van der Waals surface area contributed by atoms with Crippen LogP contribution in [0.25, 0.3) is 0 Å². The van der Waals surface area contributed by atoms with Crippen molar-refractivity contribution in [2.75, 3.05) is 39.2 Å². The van der Waals surface area contributed by atoms with Gasteiger partial charge >= 0.3 is 0 Å². The lowest BCUT2D eigenvalue weighted by molar-refractivity contribution is -0.121. The quantitative estimate of drug-likeness (QED) is 0.519. The maximum atomic E-state index is 11.5. The first-order valence-electron chi connectivity index (χ1n) is 6.17. The zero-order valence-electron chi connectivity index (χ0n) is 11.6. The van der Waals surface area contributed by atoms with E-state index in [-0.39, 0.29) is 12.5 Å². The molecule has 112 valence electrons. The normalized spacial score (nSPS) is 10.3. The number of amides is 1. The highest BCUT2D eigenvalue weighted by molar-refractivity contribution is 6.29. The molecule has 1 aromatic rings. The molecule has 0 aromatic carbocycles. The van der Waals surface area contributed by atoms with Gasteiger partial charge in [-0.3, -0.25) is 4.79 Å². The fourth-order valence-electron chi connectivity index (χ4n) is 1.43. The van der Waals surface area contributed by atoms with E-state index in [4.69, 9.17) is 21.1 Å². The van der Waals surface area contributed by atoms with Crippen LogP contribution < -0.4 is 10.6 Å². The molecule has 0 spiro atoms. The van der Waals surface area contributed by atoms with Crippen molar-refractivity contribution in [1.82, 2.24) is 15.3 Å². The molecule has 0 unspecified atom stereocenters. The van der Waals surface area contributed by atoms with E-state index in [1.807, 2.05) is 0 Å². The number of hydrogen-bond donors (Lipinski definition) is 2. The van der Waals surface area contributed by atoms with E-state index in [1.165, 1.54) is 0 Å². The third-order valence-corrected chi connectivity index (χ3v) is 2.49. The molecule has 0 saturated heterocycles. The first kappa shape index (κ1) is 16.6. The molecule has 20 heavy (non-hydrogen) atoms. The summed E-state index contributed by atoms with van der Waals surface area (Å²) in [6.07, 6.45) is 0.338. The molecule has 0 saturated carbocycles. The number of methoxy groups -OCH3 is 2. The standard InChI is InChI=1S/C12H19ClN4O3/c1-19-6-5-15-12(18)3-4-14-10-7-9(13)16-11(17-10)8-20-2/h7H,3-6,8H2,1-2H3,(H,15,18)(H,14,16,17). The molecule has 0 aliphatic carbocycles. The highest BCUT2D eigenvalue weighted by atomic mass is 35.5. The third kappa shape index (κ3) is 6.65. The minimum atomic E-state index is -0.0492. The summed E-state index contributed by atoms with van der Waals surface area (Å²) in [6, 6.07) is 1.60. The molecule has 1 heterocycles. The van der Waals surface area contributed by atoms with Gasteiger partial charge in [-0.2, -0.15) is 0 Å². The van der Waals surface area contributed by atoms with Gasteiger partial charge in [-0.15, -0.1) is 0 Å². The molecule has 0 bridgehead atoms. The molecule has 8 heteroatoms. The zero-order valence-corrected chi connectivity index (χ0v) is 12.4. The second-order valence-electron chi connectivity index (χ2n) is 3.94. The Bertz CT molecular complexity index is 431. The van der Waals surface area contributed by atoms with Crippen molar-refractivity contribution in [1.29, 1.82) is 0 Å². The fraction of sp³-hybridized carbons (Fsp3) is 0.583. The summed E-state index contributed by atoms with van der Waals surface area (Å²) in [6.45, 7) is 1.75. The van der Waals surface area contributed by atoms with Crippen LogP contribution in [-0.2, 0) is 20.9 Å². The minimum absolute atomic E-state index is 0.0492. The Kier molecular flexibility index (Phi) is 7.86. The SMILES string of the molecule is COCCNC(=O)CCNc1cc(Cl)nc(COC)n1. The van der Waals surface area contributed by atoms with Crippen LogP contribution in [0.4, 0.5) is 5.82 Å². The first-order chi connectivity index (χ1) is 9.65. The van der Waals surface area contributed by atoms with E-state index < -0.39 is 0 Å². The number of ether oxygens (including phenoxy) is 2. The van der Waals surface area contributed by atoms with Gasteiger partial charge in [0.25, 0.3) is 0 Å². The molecule has 1 rings (SSSR count). The van der Waals surface area contributed by atoms with E-state index >= 15 is 0 Å². The average Bonchev–Trinajstić information content (AvgIpc) is 2.39. The number of aromatic nitrogens is 2. The second-order valence-corrected chi connectivity index (χ2v) is 4.33. The van der Waals surface area contributed by atoms with Crippen LogP contribution >= 0.6 is 11.6 Å². The third-order valence-electron chi connectivity index (χ3n) is 2.30. The summed E-state index contributed by atoms with van der Waals surface area (Å²) in [5, 5.41) is 6.09. The number of nitrogens with zero attached hydrogens (tertiary/aromatic N) is 2. The first-order valence-corrected chi connectivity index (χ1v) is 6.55. The monoisotopic (exact) mass is 302 g/mol. The van der Waals surface area contributed by atoms with Crippen molar-refractivity contribution < 1.29 is 14.3 Å². The van der Waals surface area contributed by atoms with Gasteiger partial charge in [0.1, 0.15) is 17.6 Å². The second kappa shape index (κ2) is 9.46. The Morgan fingerprint density at radius 3 is 2.80 bits per heavy atom. The summed E-state index contributed by atoms with van der Waals surface area (Å²) in [5.41, 5.74) is 0. The molecule has 7 nitrogen and oxygen atoms in total. The van der Waals surface area contributed by atoms with Crippen molar-refractivity contribution in [3.05, 3.63) is 17.0 Å². The average molecular weight is 303 g/mol. The molecule has 1 amide bonds. The van der Waals surface area contributed by atoms with Gasteiger partial charge in [0.15, 0.2) is 5.82 Å². The number of hydrogen-bond acceptors (Lipinski definition) is 6. The largest absolute Gasteiger partial charge is 0.383 e. The lowest BCUT2D eigenvalue weighted by Gasteiger charge is -2.08. The topological polar surface area (TPSA) is 85.4 Å². The number of rotatable bonds is 9. The molecule has 0 aliphatic rings. The van der Waals surface area contributed by atoms with Crippen LogP contribution in [0.1, 0.15) is 12.2 Å². The molecule has 0 atom stereocenters. The summed E-state index contributed by atoms with van der Waals surface area (Å²) >= 11 is 5.87. The van der Waals surface area contributed by atoms with Crippen molar-refractivity contribution in [3.8, 4) is 0 Å². The highest BCUT2D eigenvalue weighted by Crippen LogP contribution is 2.11. The molecular weight excluding hydrogens is 284 g/mol. The van der Waals surface area contributed by atoms with Crippen LogP contribution in [0.3, 0.4) is 0 Å². The number of carbonyl (C=O) groups is 1. The fourth-order valence-corrected chi connectivity index (χ4v) is 1.63. The Morgan fingerprint density at radius 1 is 1.30 bits per heavy atom. The Balaban J connectivity index is 2.36. The van der Waals surface area contributed by atoms with Crippen molar-refractivity contribution in [2.45, 2.75) is 13.0 Å². The zero-order chi connectivity index (χ0) is 14.8. The molecule has 2 N–H and O–H groups in total. The lowest BCUT2D eigenvalue weighted by Crippen LogP contribution is -2.28. The van der Waals surface area contributed by atoms with E-state index in [0.717, 1.165) is 0 Å². The van der Waals surface area contributed by atoms with Gasteiger partial charge in [-0.1, -0.05) is 11.6 Å². The van der Waals surface area contributed by atoms with E-state index in [9.17, 15) is 4.79 Å². The van der Waals surface area contributed by atoms with Crippen LogP contribution in [0, 0.1) is 0 Å². The van der Waals surface area contributed by atoms with E-state index in [1.54, 1.807) is 20.3 Å². The van der Waals surface area contributed by atoms with Gasteiger partial charge in [-0.05, 0) is 0 Å². The predicted octanol–water partition coefficient (Wildman–Crippen LogP) is 0.841.